The van der Waals surface area contributed by atoms with Gasteiger partial charge in [-0.25, -0.2) is 13.4 Å². The molecule has 0 bridgehead atoms. The standard InChI is InChI=1S/C22H22F3N7O3S/c1-12-6-7-26-17(19(12)32(2)36(3,34)35)11-27-20-15(22(23,24)25)10-28-21(31-20)29-14-4-5-16-13(8-14)9-18(33)30-16/h4-8,10H,9,11H2,1-3H3,(H,30,33)(H2,27,28,29,31). The summed E-state index contributed by atoms with van der Waals surface area (Å²) in [6.45, 7) is 1.44. The molecular weight excluding hydrogens is 499 g/mol. The zero-order valence-electron chi connectivity index (χ0n) is 19.4. The minimum Gasteiger partial charge on any atom is -0.364 e. The average Bonchev–Trinajstić information content (AvgIpc) is 3.15. The van der Waals surface area contributed by atoms with Crippen LogP contribution in [0.3, 0.4) is 0 Å². The minimum absolute atomic E-state index is 0.103. The zero-order chi connectivity index (χ0) is 26.3. The molecule has 0 spiro atoms. The molecule has 190 valence electrons. The van der Waals surface area contributed by atoms with Gasteiger partial charge in [-0.1, -0.05) is 0 Å². The summed E-state index contributed by atoms with van der Waals surface area (Å²) in [5.41, 5.74) is 1.87. The number of fused-ring (bicyclic) bond motifs is 1. The topological polar surface area (TPSA) is 129 Å². The van der Waals surface area contributed by atoms with Crippen molar-refractivity contribution in [1.82, 2.24) is 15.0 Å². The maximum absolute atomic E-state index is 13.7. The second-order valence-corrected chi connectivity index (χ2v) is 10.2. The van der Waals surface area contributed by atoms with E-state index in [0.29, 0.717) is 23.1 Å². The van der Waals surface area contributed by atoms with Gasteiger partial charge in [0.25, 0.3) is 0 Å². The summed E-state index contributed by atoms with van der Waals surface area (Å²) in [6.07, 6.45) is -1.43. The van der Waals surface area contributed by atoms with Crippen LogP contribution in [0.4, 0.5) is 42.0 Å². The van der Waals surface area contributed by atoms with Crippen molar-refractivity contribution in [2.45, 2.75) is 26.1 Å². The first-order chi connectivity index (χ1) is 16.8. The maximum atomic E-state index is 13.7. The molecule has 0 radical (unpaired) electrons. The Labute approximate surface area is 205 Å². The highest BCUT2D eigenvalue weighted by Crippen LogP contribution is 2.35. The highest BCUT2D eigenvalue weighted by molar-refractivity contribution is 7.92. The van der Waals surface area contributed by atoms with Crippen molar-refractivity contribution in [3.63, 3.8) is 0 Å². The minimum atomic E-state index is -4.74. The zero-order valence-corrected chi connectivity index (χ0v) is 20.3. The number of alkyl halides is 3. The van der Waals surface area contributed by atoms with E-state index in [4.69, 9.17) is 0 Å². The van der Waals surface area contributed by atoms with Gasteiger partial charge in [0.2, 0.25) is 21.9 Å². The lowest BCUT2D eigenvalue weighted by Gasteiger charge is -2.22. The molecule has 0 saturated heterocycles. The largest absolute Gasteiger partial charge is 0.421 e. The van der Waals surface area contributed by atoms with E-state index in [1.54, 1.807) is 31.2 Å². The van der Waals surface area contributed by atoms with Crippen molar-refractivity contribution in [1.29, 1.82) is 0 Å². The van der Waals surface area contributed by atoms with E-state index in [-0.39, 0.29) is 36.2 Å². The monoisotopic (exact) mass is 521 g/mol. The molecule has 3 N–H and O–H groups in total. The van der Waals surface area contributed by atoms with Crippen molar-refractivity contribution in [3.8, 4) is 0 Å². The number of nitrogens with zero attached hydrogens (tertiary/aromatic N) is 4. The van der Waals surface area contributed by atoms with Gasteiger partial charge < -0.3 is 16.0 Å². The molecule has 0 atom stereocenters. The quantitative estimate of drug-likeness (QED) is 0.431. The number of nitrogens with one attached hydrogen (secondary N) is 3. The molecule has 3 heterocycles. The number of carbonyl (C=O) groups is 1. The first-order valence-electron chi connectivity index (χ1n) is 10.6. The summed E-state index contributed by atoms with van der Waals surface area (Å²) in [5, 5.41) is 8.19. The maximum Gasteiger partial charge on any atom is 0.421 e. The summed E-state index contributed by atoms with van der Waals surface area (Å²) in [4.78, 5) is 23.5. The van der Waals surface area contributed by atoms with Crippen molar-refractivity contribution < 1.29 is 26.4 Å². The Bertz CT molecular complexity index is 1450. The molecule has 0 saturated carbocycles. The number of benzene rings is 1. The SMILES string of the molecule is Cc1ccnc(CNc2nc(Nc3ccc4c(c3)CC(=O)N4)ncc2C(F)(F)F)c1N(C)S(C)(=O)=O. The normalized spacial score (nSPS) is 13.2. The van der Waals surface area contributed by atoms with Crippen LogP contribution in [0.5, 0.6) is 0 Å². The predicted octanol–water partition coefficient (Wildman–Crippen LogP) is 3.44. The highest BCUT2D eigenvalue weighted by atomic mass is 32.2. The van der Waals surface area contributed by atoms with Crippen LogP contribution >= 0.6 is 0 Å². The van der Waals surface area contributed by atoms with Gasteiger partial charge in [-0.2, -0.15) is 18.2 Å². The van der Waals surface area contributed by atoms with Gasteiger partial charge in [0, 0.05) is 30.8 Å². The Morgan fingerprint density at radius 3 is 2.64 bits per heavy atom. The molecule has 1 amide bonds. The third kappa shape index (κ3) is 5.32. The van der Waals surface area contributed by atoms with Gasteiger partial charge in [0.05, 0.1) is 30.6 Å². The Hall–Kier alpha value is -3.94. The summed E-state index contributed by atoms with van der Waals surface area (Å²) in [5.74, 6) is -0.757. The summed E-state index contributed by atoms with van der Waals surface area (Å²) in [6, 6.07) is 6.61. The first-order valence-corrected chi connectivity index (χ1v) is 12.4. The fraction of sp³-hybridized carbons (Fsp3) is 0.273. The fourth-order valence-electron chi connectivity index (χ4n) is 3.72. The number of hydrogen-bond acceptors (Lipinski definition) is 8. The number of amides is 1. The number of pyridine rings is 1. The van der Waals surface area contributed by atoms with Crippen LogP contribution in [0.1, 0.15) is 22.4 Å². The van der Waals surface area contributed by atoms with Gasteiger partial charge >= 0.3 is 6.18 Å². The van der Waals surface area contributed by atoms with Gasteiger partial charge in [-0.05, 0) is 42.3 Å². The Balaban J connectivity index is 1.63. The molecule has 3 aromatic rings. The second kappa shape index (κ2) is 9.26. The molecule has 36 heavy (non-hydrogen) atoms. The molecule has 1 aliphatic rings. The van der Waals surface area contributed by atoms with Crippen LogP contribution in [0.25, 0.3) is 0 Å². The van der Waals surface area contributed by atoms with E-state index < -0.39 is 27.6 Å². The first kappa shape index (κ1) is 25.2. The Morgan fingerprint density at radius 2 is 1.94 bits per heavy atom. The third-order valence-corrected chi connectivity index (χ3v) is 6.70. The van der Waals surface area contributed by atoms with Gasteiger partial charge in [0.15, 0.2) is 0 Å². The molecule has 4 rings (SSSR count). The van der Waals surface area contributed by atoms with Crippen LogP contribution in [0.2, 0.25) is 0 Å². The number of aryl methyl sites for hydroxylation is 1. The smallest absolute Gasteiger partial charge is 0.364 e. The van der Waals surface area contributed by atoms with Crippen molar-refractivity contribution >= 4 is 44.8 Å². The van der Waals surface area contributed by atoms with E-state index >= 15 is 0 Å². The van der Waals surface area contributed by atoms with Crippen LogP contribution < -0.4 is 20.3 Å². The molecule has 1 aliphatic heterocycles. The van der Waals surface area contributed by atoms with Crippen molar-refractivity contribution in [2.75, 3.05) is 33.6 Å². The summed E-state index contributed by atoms with van der Waals surface area (Å²) in [7, 11) is -2.30. The van der Waals surface area contributed by atoms with Crippen LogP contribution in [0.15, 0.2) is 36.7 Å². The lowest BCUT2D eigenvalue weighted by molar-refractivity contribution is -0.137. The average molecular weight is 522 g/mol. The molecule has 10 nitrogen and oxygen atoms in total. The summed E-state index contributed by atoms with van der Waals surface area (Å²) >= 11 is 0. The van der Waals surface area contributed by atoms with Gasteiger partial charge in [-0.15, -0.1) is 0 Å². The molecule has 14 heteroatoms. The molecule has 0 unspecified atom stereocenters. The molecule has 0 fully saturated rings. The van der Waals surface area contributed by atoms with E-state index in [1.165, 1.54) is 13.2 Å². The van der Waals surface area contributed by atoms with E-state index in [1.807, 2.05) is 0 Å². The third-order valence-electron chi connectivity index (χ3n) is 5.52. The number of halogens is 3. The second-order valence-electron chi connectivity index (χ2n) is 8.18. The fourth-order valence-corrected chi connectivity index (χ4v) is 4.30. The van der Waals surface area contributed by atoms with Gasteiger partial charge in [0.1, 0.15) is 11.4 Å². The Kier molecular flexibility index (Phi) is 6.47. The number of aromatic nitrogens is 3. The lowest BCUT2D eigenvalue weighted by Crippen LogP contribution is -2.27. The van der Waals surface area contributed by atoms with Crippen molar-refractivity contribution in [2.24, 2.45) is 0 Å². The van der Waals surface area contributed by atoms with Crippen molar-refractivity contribution in [3.05, 3.63) is 59.0 Å². The van der Waals surface area contributed by atoms with Gasteiger partial charge in [-0.3, -0.25) is 14.1 Å². The number of anilines is 5. The predicted molar refractivity (Wildman–Crippen MR) is 129 cm³/mol. The number of carbonyl (C=O) groups excluding carboxylic acids is 1. The van der Waals surface area contributed by atoms with E-state index in [9.17, 15) is 26.4 Å². The van der Waals surface area contributed by atoms with E-state index in [2.05, 4.69) is 30.9 Å². The van der Waals surface area contributed by atoms with Crippen LogP contribution in [0, 0.1) is 6.92 Å². The Morgan fingerprint density at radius 1 is 1.19 bits per heavy atom. The number of rotatable bonds is 7. The summed E-state index contributed by atoms with van der Waals surface area (Å²) < 4.78 is 66.2. The van der Waals surface area contributed by atoms with E-state index in [0.717, 1.165) is 16.1 Å². The lowest BCUT2D eigenvalue weighted by atomic mass is 10.1. The van der Waals surface area contributed by atoms with Crippen LogP contribution in [-0.4, -0.2) is 42.6 Å². The molecule has 0 aliphatic carbocycles. The highest BCUT2D eigenvalue weighted by Gasteiger charge is 2.35. The van der Waals surface area contributed by atoms with Crippen LogP contribution in [-0.2, 0) is 34.0 Å². The number of sulfonamides is 1. The molecular formula is C22H22F3N7O3S. The molecule has 2 aromatic heterocycles. The molecule has 1 aromatic carbocycles. The number of hydrogen-bond donors (Lipinski definition) is 3.